The molecule has 4 aromatic heterocycles. The second kappa shape index (κ2) is 10.5. The van der Waals surface area contributed by atoms with Crippen molar-refractivity contribution in [2.24, 2.45) is 0 Å². The van der Waals surface area contributed by atoms with E-state index in [-0.39, 0.29) is 0 Å². The molecule has 0 amide bonds. The van der Waals surface area contributed by atoms with Gasteiger partial charge in [-0.15, -0.1) is 5.10 Å². The van der Waals surface area contributed by atoms with Crippen molar-refractivity contribution in [2.45, 2.75) is 45.8 Å². The Kier molecular flexibility index (Phi) is 6.96. The van der Waals surface area contributed by atoms with Crippen LogP contribution < -0.4 is 5.32 Å². The summed E-state index contributed by atoms with van der Waals surface area (Å²) in [6.45, 7) is 11.2. The molecule has 0 aliphatic carbocycles. The Morgan fingerprint density at radius 3 is 2.74 bits per heavy atom. The average molecular weight is 473 g/mol. The molecule has 182 valence electrons. The average Bonchev–Trinajstić information content (AvgIpc) is 3.31. The lowest BCUT2D eigenvalue weighted by Gasteiger charge is -2.38. The summed E-state index contributed by atoms with van der Waals surface area (Å²) in [6.07, 6.45) is 9.13. The van der Waals surface area contributed by atoms with Crippen molar-refractivity contribution in [1.82, 2.24) is 34.8 Å². The first-order chi connectivity index (χ1) is 17.1. The Labute approximate surface area is 205 Å². The van der Waals surface area contributed by atoms with Crippen molar-refractivity contribution in [3.8, 4) is 11.1 Å². The van der Waals surface area contributed by atoms with Crippen molar-refractivity contribution in [3.05, 3.63) is 54.6 Å². The minimum atomic E-state index is 0.381. The number of likely N-dealkylation sites (tertiary alicyclic amines) is 1. The molecule has 35 heavy (non-hydrogen) atoms. The molecule has 1 N–H and O–H groups in total. The zero-order valence-electron chi connectivity index (χ0n) is 20.6. The maximum Gasteiger partial charge on any atom is 0.154 e. The molecule has 9 heteroatoms. The van der Waals surface area contributed by atoms with E-state index < -0.39 is 0 Å². The lowest BCUT2D eigenvalue weighted by Crippen LogP contribution is -2.52. The number of pyridine rings is 2. The summed E-state index contributed by atoms with van der Waals surface area (Å²) >= 11 is 0. The molecule has 1 saturated heterocycles. The SMILES string of the molecule is CCOC1CN(CCCn2cc(-c3cnc4ccc(Nc5cc(C(C)C)cnn5)nc4c3)cn2)C1. The Hall–Kier alpha value is -3.43. The highest BCUT2D eigenvalue weighted by atomic mass is 16.5. The second-order valence-corrected chi connectivity index (χ2v) is 9.30. The number of ether oxygens (including phenoxy) is 1. The van der Waals surface area contributed by atoms with Crippen molar-refractivity contribution in [3.63, 3.8) is 0 Å². The summed E-state index contributed by atoms with van der Waals surface area (Å²) in [7, 11) is 0. The standard InChI is InChI=1S/C26H32N8O/c1-4-35-22-16-33(17-22)8-5-9-34-15-21(14-29-34)20-10-24-23(27-12-20)6-7-25(30-24)31-26-11-19(18(2)3)13-28-32-26/h6-7,10-15,18,22H,4-5,8-9,16-17H2,1-3H3,(H,30,31,32). The predicted molar refractivity (Wildman–Crippen MR) is 137 cm³/mol. The van der Waals surface area contributed by atoms with Crippen LogP contribution >= 0.6 is 0 Å². The zero-order chi connectivity index (χ0) is 24.2. The summed E-state index contributed by atoms with van der Waals surface area (Å²) in [4.78, 5) is 11.8. The summed E-state index contributed by atoms with van der Waals surface area (Å²) < 4.78 is 7.63. The monoisotopic (exact) mass is 472 g/mol. The molecule has 0 aromatic carbocycles. The summed E-state index contributed by atoms with van der Waals surface area (Å²) in [5, 5.41) is 16.1. The van der Waals surface area contributed by atoms with Crippen molar-refractivity contribution in [1.29, 1.82) is 0 Å². The van der Waals surface area contributed by atoms with Crippen LogP contribution in [0.25, 0.3) is 22.2 Å². The van der Waals surface area contributed by atoms with Gasteiger partial charge in [0, 0.05) is 56.3 Å². The number of nitrogens with one attached hydrogen (secondary N) is 1. The summed E-state index contributed by atoms with van der Waals surface area (Å²) in [5.41, 5.74) is 4.82. The number of hydrogen-bond donors (Lipinski definition) is 1. The van der Waals surface area contributed by atoms with Crippen LogP contribution in [0.3, 0.4) is 0 Å². The Morgan fingerprint density at radius 2 is 1.91 bits per heavy atom. The van der Waals surface area contributed by atoms with E-state index in [0.717, 1.165) is 66.9 Å². The number of aryl methyl sites for hydroxylation is 1. The van der Waals surface area contributed by atoms with Gasteiger partial charge in [0.15, 0.2) is 5.82 Å². The highest BCUT2D eigenvalue weighted by Crippen LogP contribution is 2.24. The molecule has 1 aliphatic heterocycles. The summed E-state index contributed by atoms with van der Waals surface area (Å²) in [5.74, 6) is 1.77. The number of hydrogen-bond acceptors (Lipinski definition) is 8. The van der Waals surface area contributed by atoms with Gasteiger partial charge in [-0.05, 0) is 49.1 Å². The quantitative estimate of drug-likeness (QED) is 0.366. The first-order valence-corrected chi connectivity index (χ1v) is 12.3. The normalized spacial score (nSPS) is 14.5. The first kappa shape index (κ1) is 23.3. The lowest BCUT2D eigenvalue weighted by atomic mass is 10.1. The Morgan fingerprint density at radius 1 is 1.03 bits per heavy atom. The molecule has 0 atom stereocenters. The van der Waals surface area contributed by atoms with Gasteiger partial charge >= 0.3 is 0 Å². The molecular weight excluding hydrogens is 440 g/mol. The van der Waals surface area contributed by atoms with E-state index >= 15 is 0 Å². The van der Waals surface area contributed by atoms with Crippen LogP contribution in [0, 0.1) is 0 Å². The van der Waals surface area contributed by atoms with Gasteiger partial charge in [-0.3, -0.25) is 14.6 Å². The first-order valence-electron chi connectivity index (χ1n) is 12.3. The topological polar surface area (TPSA) is 93.9 Å². The Bertz CT molecular complexity index is 1280. The zero-order valence-corrected chi connectivity index (χ0v) is 20.6. The largest absolute Gasteiger partial charge is 0.376 e. The molecule has 1 fully saturated rings. The van der Waals surface area contributed by atoms with Crippen LogP contribution in [-0.2, 0) is 11.3 Å². The Balaban J connectivity index is 1.23. The van der Waals surface area contributed by atoms with Crippen molar-refractivity contribution in [2.75, 3.05) is 31.6 Å². The molecule has 0 bridgehead atoms. The minimum Gasteiger partial charge on any atom is -0.376 e. The fourth-order valence-corrected chi connectivity index (χ4v) is 4.26. The maximum atomic E-state index is 5.63. The van der Waals surface area contributed by atoms with Gasteiger partial charge in [0.2, 0.25) is 0 Å². The molecule has 4 aromatic rings. The van der Waals surface area contributed by atoms with Crippen molar-refractivity contribution >= 4 is 22.7 Å². The maximum absolute atomic E-state index is 5.63. The van der Waals surface area contributed by atoms with E-state index in [9.17, 15) is 0 Å². The molecule has 5 heterocycles. The highest BCUT2D eigenvalue weighted by molar-refractivity contribution is 5.81. The van der Waals surface area contributed by atoms with Crippen LogP contribution in [0.1, 0.15) is 38.7 Å². The smallest absolute Gasteiger partial charge is 0.154 e. The van der Waals surface area contributed by atoms with Crippen LogP contribution in [0.4, 0.5) is 11.6 Å². The molecule has 5 rings (SSSR count). The number of nitrogens with zero attached hydrogens (tertiary/aromatic N) is 7. The van der Waals surface area contributed by atoms with E-state index in [1.54, 1.807) is 6.20 Å². The summed E-state index contributed by atoms with van der Waals surface area (Å²) in [6, 6.07) is 7.93. The van der Waals surface area contributed by atoms with Gasteiger partial charge in [-0.25, -0.2) is 4.98 Å². The minimum absolute atomic E-state index is 0.381. The molecular formula is C26H32N8O. The van der Waals surface area contributed by atoms with E-state index in [1.807, 2.05) is 35.3 Å². The van der Waals surface area contributed by atoms with Gasteiger partial charge in [0.1, 0.15) is 5.82 Å². The van der Waals surface area contributed by atoms with Gasteiger partial charge < -0.3 is 10.1 Å². The number of rotatable bonds is 10. The second-order valence-electron chi connectivity index (χ2n) is 9.30. The lowest BCUT2D eigenvalue weighted by molar-refractivity contribution is -0.0499. The fraction of sp³-hybridized carbons (Fsp3) is 0.423. The van der Waals surface area contributed by atoms with Crippen LogP contribution in [0.5, 0.6) is 0 Å². The van der Waals surface area contributed by atoms with Crippen LogP contribution in [0.15, 0.2) is 49.1 Å². The molecule has 1 aliphatic rings. The van der Waals surface area contributed by atoms with Gasteiger partial charge in [0.25, 0.3) is 0 Å². The van der Waals surface area contributed by atoms with Gasteiger partial charge in [0.05, 0.1) is 29.5 Å². The third kappa shape index (κ3) is 5.63. The molecule has 0 spiro atoms. The highest BCUT2D eigenvalue weighted by Gasteiger charge is 2.26. The molecule has 0 radical (unpaired) electrons. The third-order valence-electron chi connectivity index (χ3n) is 6.29. The fourth-order valence-electron chi connectivity index (χ4n) is 4.26. The number of anilines is 2. The van der Waals surface area contributed by atoms with Gasteiger partial charge in [-0.1, -0.05) is 13.8 Å². The van der Waals surface area contributed by atoms with E-state index in [0.29, 0.717) is 23.7 Å². The van der Waals surface area contributed by atoms with Crippen molar-refractivity contribution < 1.29 is 4.74 Å². The number of aromatic nitrogens is 6. The van der Waals surface area contributed by atoms with E-state index in [1.165, 1.54) is 0 Å². The van der Waals surface area contributed by atoms with Gasteiger partial charge in [-0.2, -0.15) is 10.2 Å². The van der Waals surface area contributed by atoms with Crippen LogP contribution in [0.2, 0.25) is 0 Å². The van der Waals surface area contributed by atoms with E-state index in [4.69, 9.17) is 9.72 Å². The van der Waals surface area contributed by atoms with E-state index in [2.05, 4.69) is 63.5 Å². The van der Waals surface area contributed by atoms with Crippen LogP contribution in [-0.4, -0.2) is 67.2 Å². The third-order valence-corrected chi connectivity index (χ3v) is 6.29. The predicted octanol–water partition coefficient (Wildman–Crippen LogP) is 4.26. The molecule has 9 nitrogen and oxygen atoms in total. The molecule has 0 unspecified atom stereocenters. The number of fused-ring (bicyclic) bond motifs is 1. The molecule has 0 saturated carbocycles.